The fourth-order valence-electron chi connectivity index (χ4n) is 2.53. The van der Waals surface area contributed by atoms with Gasteiger partial charge in [0.05, 0.1) is 10.8 Å². The maximum Gasteiger partial charge on any atom is 0.310 e. The first kappa shape index (κ1) is 16.8. The average molecular weight is 344 g/mol. The first-order valence-corrected chi connectivity index (χ1v) is 7.42. The average Bonchev–Trinajstić information content (AvgIpc) is 2.96. The summed E-state index contributed by atoms with van der Waals surface area (Å²) in [7, 11) is 0. The van der Waals surface area contributed by atoms with E-state index in [-0.39, 0.29) is 40.0 Å². The molecule has 0 spiro atoms. The molecule has 2 atom stereocenters. The number of nitro groups is 1. The third-order valence-electron chi connectivity index (χ3n) is 4.00. The monoisotopic (exact) mass is 343 g/mol. The molecule has 0 saturated heterocycles. The lowest BCUT2D eigenvalue weighted by Gasteiger charge is -2.05. The summed E-state index contributed by atoms with van der Waals surface area (Å²) in [6.45, 7) is 3.97. The van der Waals surface area contributed by atoms with Crippen LogP contribution >= 0.6 is 23.2 Å². The molecule has 118 valence electrons. The van der Waals surface area contributed by atoms with Crippen molar-refractivity contribution in [3.8, 4) is 0 Å². The minimum atomic E-state index is -0.477. The molecule has 2 unspecified atom stereocenters. The minimum absolute atomic E-state index is 0.000332. The van der Waals surface area contributed by atoms with Crippen molar-refractivity contribution in [1.82, 2.24) is 0 Å². The third kappa shape index (κ3) is 3.59. The lowest BCUT2D eigenvalue weighted by Crippen LogP contribution is -2.10. The van der Waals surface area contributed by atoms with E-state index in [9.17, 15) is 14.9 Å². The van der Waals surface area contributed by atoms with Crippen molar-refractivity contribution in [3.63, 3.8) is 0 Å². The molecule has 1 aromatic rings. The maximum absolute atomic E-state index is 12.1. The zero-order chi connectivity index (χ0) is 16.5. The first-order valence-electron chi connectivity index (χ1n) is 6.66. The van der Waals surface area contributed by atoms with Crippen LogP contribution in [0.15, 0.2) is 34.8 Å². The molecule has 0 aliphatic heterocycles. The molecule has 0 heterocycles. The van der Waals surface area contributed by atoms with Crippen LogP contribution in [0.2, 0.25) is 0 Å². The normalized spacial score (nSPS) is 21.8. The van der Waals surface area contributed by atoms with E-state index in [0.29, 0.717) is 5.56 Å². The SMILES string of the molecule is CC1(C)C(C=C(Cl)Cl)C1C(=O)OCc1ccc([N+](=O)[O-])cc1. The van der Waals surface area contributed by atoms with Crippen LogP contribution in [-0.4, -0.2) is 10.9 Å². The van der Waals surface area contributed by atoms with E-state index < -0.39 is 4.92 Å². The van der Waals surface area contributed by atoms with Crippen molar-refractivity contribution in [2.45, 2.75) is 20.5 Å². The van der Waals surface area contributed by atoms with E-state index in [0.717, 1.165) is 0 Å². The first-order chi connectivity index (χ1) is 10.2. The van der Waals surface area contributed by atoms with Gasteiger partial charge >= 0.3 is 5.97 Å². The summed E-state index contributed by atoms with van der Waals surface area (Å²) >= 11 is 11.3. The number of hydrogen-bond acceptors (Lipinski definition) is 4. The van der Waals surface area contributed by atoms with Gasteiger partial charge in [0.15, 0.2) is 0 Å². The van der Waals surface area contributed by atoms with Crippen LogP contribution in [0.5, 0.6) is 0 Å². The van der Waals surface area contributed by atoms with Crippen molar-refractivity contribution < 1.29 is 14.5 Å². The Hall–Kier alpha value is -1.59. The summed E-state index contributed by atoms with van der Waals surface area (Å²) in [4.78, 5) is 22.2. The number of allylic oxidation sites excluding steroid dienone is 1. The molecular formula is C15H15Cl2NO4. The van der Waals surface area contributed by atoms with Gasteiger partial charge in [0.25, 0.3) is 5.69 Å². The number of benzene rings is 1. The highest BCUT2D eigenvalue weighted by Crippen LogP contribution is 2.60. The van der Waals surface area contributed by atoms with E-state index in [1.54, 1.807) is 18.2 Å². The second kappa shape index (κ2) is 6.26. The predicted octanol–water partition coefficient (Wildman–Crippen LogP) is 4.23. The van der Waals surface area contributed by atoms with E-state index in [1.807, 2.05) is 13.8 Å². The van der Waals surface area contributed by atoms with Crippen LogP contribution in [-0.2, 0) is 16.1 Å². The molecule has 1 aliphatic carbocycles. The van der Waals surface area contributed by atoms with Crippen LogP contribution < -0.4 is 0 Å². The molecular weight excluding hydrogens is 329 g/mol. The molecule has 0 N–H and O–H groups in total. The Balaban J connectivity index is 1.93. The smallest absolute Gasteiger partial charge is 0.310 e. The lowest BCUT2D eigenvalue weighted by atomic mass is 10.1. The molecule has 1 fully saturated rings. The van der Waals surface area contributed by atoms with Gasteiger partial charge in [-0.2, -0.15) is 0 Å². The molecule has 2 rings (SSSR count). The molecule has 0 amide bonds. The predicted molar refractivity (Wildman–Crippen MR) is 83.4 cm³/mol. The molecule has 0 bridgehead atoms. The number of nitro benzene ring substituents is 1. The topological polar surface area (TPSA) is 69.4 Å². The maximum atomic E-state index is 12.1. The van der Waals surface area contributed by atoms with Crippen molar-refractivity contribution >= 4 is 34.9 Å². The number of carbonyl (C=O) groups excluding carboxylic acids is 1. The van der Waals surface area contributed by atoms with Crippen molar-refractivity contribution in [3.05, 3.63) is 50.5 Å². The highest BCUT2D eigenvalue weighted by molar-refractivity contribution is 6.55. The van der Waals surface area contributed by atoms with E-state index >= 15 is 0 Å². The quantitative estimate of drug-likeness (QED) is 0.455. The summed E-state index contributed by atoms with van der Waals surface area (Å²) in [5.41, 5.74) is 0.460. The van der Waals surface area contributed by atoms with Gasteiger partial charge in [-0.1, -0.05) is 37.0 Å². The molecule has 1 saturated carbocycles. The lowest BCUT2D eigenvalue weighted by molar-refractivity contribution is -0.384. The number of nitrogens with zero attached hydrogens (tertiary/aromatic N) is 1. The van der Waals surface area contributed by atoms with Gasteiger partial charge in [-0.3, -0.25) is 14.9 Å². The van der Waals surface area contributed by atoms with Crippen molar-refractivity contribution in [2.75, 3.05) is 0 Å². The fraction of sp³-hybridized carbons (Fsp3) is 0.400. The molecule has 0 radical (unpaired) electrons. The summed E-state index contributed by atoms with van der Waals surface area (Å²) < 4.78 is 5.42. The second-order valence-corrected chi connectivity index (χ2v) is 6.82. The number of rotatable bonds is 5. The Bertz CT molecular complexity index is 621. The number of ether oxygens (including phenoxy) is 1. The van der Waals surface area contributed by atoms with E-state index in [1.165, 1.54) is 12.1 Å². The molecule has 22 heavy (non-hydrogen) atoms. The van der Waals surface area contributed by atoms with Crippen LogP contribution in [0.3, 0.4) is 0 Å². The Morgan fingerprint density at radius 3 is 2.45 bits per heavy atom. The summed E-state index contributed by atoms with van der Waals surface area (Å²) in [5, 5.41) is 10.6. The molecule has 5 nitrogen and oxygen atoms in total. The van der Waals surface area contributed by atoms with E-state index in [2.05, 4.69) is 0 Å². The fourth-order valence-corrected chi connectivity index (χ4v) is 2.80. The zero-order valence-electron chi connectivity index (χ0n) is 12.1. The second-order valence-electron chi connectivity index (χ2n) is 5.81. The van der Waals surface area contributed by atoms with Gasteiger partial charge in [0.2, 0.25) is 0 Å². The van der Waals surface area contributed by atoms with Crippen LogP contribution in [0, 0.1) is 27.4 Å². The Morgan fingerprint density at radius 2 is 1.95 bits per heavy atom. The van der Waals surface area contributed by atoms with Gasteiger partial charge in [-0.25, -0.2) is 0 Å². The molecule has 1 aromatic carbocycles. The Morgan fingerprint density at radius 1 is 1.36 bits per heavy atom. The Kier molecular flexibility index (Phi) is 4.78. The Labute approximate surface area is 138 Å². The molecule has 1 aliphatic rings. The van der Waals surface area contributed by atoms with Crippen molar-refractivity contribution in [2.24, 2.45) is 17.3 Å². The van der Waals surface area contributed by atoms with Crippen LogP contribution in [0.25, 0.3) is 0 Å². The molecule has 7 heteroatoms. The van der Waals surface area contributed by atoms with Crippen LogP contribution in [0.4, 0.5) is 5.69 Å². The highest BCUT2D eigenvalue weighted by atomic mass is 35.5. The highest BCUT2D eigenvalue weighted by Gasteiger charge is 2.61. The zero-order valence-corrected chi connectivity index (χ0v) is 13.6. The van der Waals surface area contributed by atoms with Gasteiger partial charge in [0, 0.05) is 12.1 Å². The standard InChI is InChI=1S/C15H15Cl2NO4/c1-15(2)11(7-12(16)17)13(15)14(19)22-8-9-3-5-10(6-4-9)18(20)21/h3-7,11,13H,8H2,1-2H3. The van der Waals surface area contributed by atoms with Gasteiger partial charge < -0.3 is 4.74 Å². The molecule has 0 aromatic heterocycles. The van der Waals surface area contributed by atoms with E-state index in [4.69, 9.17) is 27.9 Å². The number of non-ortho nitro benzene ring substituents is 1. The van der Waals surface area contributed by atoms with Crippen molar-refractivity contribution in [1.29, 1.82) is 0 Å². The number of halogens is 2. The number of hydrogen-bond donors (Lipinski definition) is 0. The van der Waals surface area contributed by atoms with Gasteiger partial charge in [-0.05, 0) is 35.1 Å². The summed E-state index contributed by atoms with van der Waals surface area (Å²) in [6, 6.07) is 5.89. The largest absolute Gasteiger partial charge is 0.461 e. The summed E-state index contributed by atoms with van der Waals surface area (Å²) in [5.74, 6) is -0.640. The number of carbonyl (C=O) groups is 1. The number of esters is 1. The van der Waals surface area contributed by atoms with Gasteiger partial charge in [-0.15, -0.1) is 0 Å². The minimum Gasteiger partial charge on any atom is -0.461 e. The van der Waals surface area contributed by atoms with Crippen LogP contribution in [0.1, 0.15) is 19.4 Å². The van der Waals surface area contributed by atoms with Gasteiger partial charge in [0.1, 0.15) is 11.1 Å². The third-order valence-corrected chi connectivity index (χ3v) is 4.25. The summed E-state index contributed by atoms with van der Waals surface area (Å²) in [6.07, 6.45) is 1.65.